The van der Waals surface area contributed by atoms with Crippen LogP contribution in [0.1, 0.15) is 17.9 Å². The fourth-order valence-corrected chi connectivity index (χ4v) is 2.06. The Hall–Kier alpha value is -1.84. The molecule has 0 saturated carbocycles. The third kappa shape index (κ3) is 2.21. The van der Waals surface area contributed by atoms with Crippen LogP contribution in [-0.4, -0.2) is 29.8 Å². The molecular weight excluding hydrogens is 204 g/mol. The van der Waals surface area contributed by atoms with E-state index in [1.165, 1.54) is 4.90 Å². The van der Waals surface area contributed by atoms with E-state index in [0.29, 0.717) is 13.0 Å². The molecule has 1 aromatic rings. The van der Waals surface area contributed by atoms with E-state index in [9.17, 15) is 9.59 Å². The Bertz CT molecular complexity index is 403. The second-order valence-corrected chi connectivity index (χ2v) is 4.05. The second kappa shape index (κ2) is 4.35. The maximum atomic E-state index is 11.6. The lowest BCUT2D eigenvalue weighted by Crippen LogP contribution is -2.34. The van der Waals surface area contributed by atoms with Crippen molar-refractivity contribution in [2.75, 3.05) is 13.1 Å². The minimum Gasteiger partial charge on any atom is -0.368 e. The van der Waals surface area contributed by atoms with Crippen molar-refractivity contribution in [3.05, 3.63) is 35.9 Å². The van der Waals surface area contributed by atoms with Crippen LogP contribution >= 0.6 is 0 Å². The smallest absolute Gasteiger partial charge is 0.237 e. The largest absolute Gasteiger partial charge is 0.368 e. The highest BCUT2D eigenvalue weighted by Crippen LogP contribution is 2.27. The standard InChI is InChI=1S/C12H14N2O2/c13-11(15)8-14-7-10(6-12(14)16)9-4-2-1-3-5-9/h1-5,10H,6-8H2,(H2,13,15)/t10-/m1/s1. The Morgan fingerprint density at radius 1 is 1.38 bits per heavy atom. The van der Waals surface area contributed by atoms with Gasteiger partial charge in [-0.2, -0.15) is 0 Å². The van der Waals surface area contributed by atoms with Gasteiger partial charge in [-0.05, 0) is 5.56 Å². The fraction of sp³-hybridized carbons (Fsp3) is 0.333. The average Bonchev–Trinajstić information content (AvgIpc) is 2.61. The summed E-state index contributed by atoms with van der Waals surface area (Å²) < 4.78 is 0. The summed E-state index contributed by atoms with van der Waals surface area (Å²) in [5.41, 5.74) is 6.23. The van der Waals surface area contributed by atoms with Gasteiger partial charge in [-0.25, -0.2) is 0 Å². The number of rotatable bonds is 3. The van der Waals surface area contributed by atoms with Crippen LogP contribution in [0.15, 0.2) is 30.3 Å². The molecular formula is C12H14N2O2. The van der Waals surface area contributed by atoms with Crippen molar-refractivity contribution < 1.29 is 9.59 Å². The quantitative estimate of drug-likeness (QED) is 0.802. The van der Waals surface area contributed by atoms with E-state index >= 15 is 0 Å². The predicted octanol–water partition coefficient (Wildman–Crippen LogP) is 0.488. The molecule has 0 spiro atoms. The Kier molecular flexibility index (Phi) is 2.90. The molecule has 0 radical (unpaired) electrons. The van der Waals surface area contributed by atoms with Gasteiger partial charge in [-0.15, -0.1) is 0 Å². The van der Waals surface area contributed by atoms with Crippen LogP contribution < -0.4 is 5.73 Å². The zero-order chi connectivity index (χ0) is 11.5. The predicted molar refractivity (Wildman–Crippen MR) is 59.6 cm³/mol. The molecule has 4 heteroatoms. The lowest BCUT2D eigenvalue weighted by atomic mass is 9.99. The molecule has 1 aliphatic rings. The van der Waals surface area contributed by atoms with E-state index in [-0.39, 0.29) is 18.4 Å². The molecule has 0 bridgehead atoms. The van der Waals surface area contributed by atoms with Crippen LogP contribution in [0, 0.1) is 0 Å². The summed E-state index contributed by atoms with van der Waals surface area (Å²) in [7, 11) is 0. The first-order chi connectivity index (χ1) is 7.66. The van der Waals surface area contributed by atoms with Crippen LogP contribution in [0.3, 0.4) is 0 Å². The molecule has 4 nitrogen and oxygen atoms in total. The van der Waals surface area contributed by atoms with E-state index in [4.69, 9.17) is 5.73 Å². The lowest BCUT2D eigenvalue weighted by Gasteiger charge is -2.14. The highest BCUT2D eigenvalue weighted by molar-refractivity contribution is 5.85. The van der Waals surface area contributed by atoms with Crippen molar-refractivity contribution in [2.45, 2.75) is 12.3 Å². The number of carbonyl (C=O) groups excluding carboxylic acids is 2. The summed E-state index contributed by atoms with van der Waals surface area (Å²) in [6, 6.07) is 9.87. The Morgan fingerprint density at radius 3 is 2.69 bits per heavy atom. The molecule has 84 valence electrons. The third-order valence-corrected chi connectivity index (χ3v) is 2.83. The number of nitrogens with zero attached hydrogens (tertiary/aromatic N) is 1. The topological polar surface area (TPSA) is 63.4 Å². The van der Waals surface area contributed by atoms with Crippen molar-refractivity contribution in [1.82, 2.24) is 4.90 Å². The molecule has 16 heavy (non-hydrogen) atoms. The molecule has 2 amide bonds. The summed E-state index contributed by atoms with van der Waals surface area (Å²) in [6.07, 6.45) is 0.470. The van der Waals surface area contributed by atoms with Gasteiger partial charge in [0.15, 0.2) is 0 Å². The molecule has 1 heterocycles. The van der Waals surface area contributed by atoms with Crippen LogP contribution in [0.25, 0.3) is 0 Å². The van der Waals surface area contributed by atoms with Gasteiger partial charge >= 0.3 is 0 Å². The van der Waals surface area contributed by atoms with Crippen molar-refractivity contribution >= 4 is 11.8 Å². The minimum absolute atomic E-state index is 0.00709. The molecule has 0 aromatic heterocycles. The molecule has 0 aliphatic carbocycles. The molecule has 1 aromatic carbocycles. The zero-order valence-corrected chi connectivity index (χ0v) is 8.93. The fourth-order valence-electron chi connectivity index (χ4n) is 2.06. The Balaban J connectivity index is 2.07. The number of hydrogen-bond donors (Lipinski definition) is 1. The Morgan fingerprint density at radius 2 is 2.06 bits per heavy atom. The summed E-state index contributed by atoms with van der Waals surface area (Å²) in [4.78, 5) is 23.9. The number of likely N-dealkylation sites (tertiary alicyclic amines) is 1. The molecule has 1 atom stereocenters. The first-order valence-electron chi connectivity index (χ1n) is 5.28. The number of carbonyl (C=O) groups is 2. The minimum atomic E-state index is -0.456. The van der Waals surface area contributed by atoms with Crippen LogP contribution in [0.2, 0.25) is 0 Å². The monoisotopic (exact) mass is 218 g/mol. The normalized spacial score (nSPS) is 20.1. The van der Waals surface area contributed by atoms with Crippen molar-refractivity contribution in [3.8, 4) is 0 Å². The maximum absolute atomic E-state index is 11.6. The molecule has 2 N–H and O–H groups in total. The number of benzene rings is 1. The van der Waals surface area contributed by atoms with Crippen LogP contribution in [0.5, 0.6) is 0 Å². The first kappa shape index (κ1) is 10.7. The van der Waals surface area contributed by atoms with Gasteiger partial charge in [0.25, 0.3) is 0 Å². The van der Waals surface area contributed by atoms with Crippen LogP contribution in [0.4, 0.5) is 0 Å². The third-order valence-electron chi connectivity index (χ3n) is 2.83. The van der Waals surface area contributed by atoms with Gasteiger partial charge in [-0.3, -0.25) is 9.59 Å². The number of nitrogens with two attached hydrogens (primary N) is 1. The summed E-state index contributed by atoms with van der Waals surface area (Å²) in [5, 5.41) is 0. The zero-order valence-electron chi connectivity index (χ0n) is 8.93. The summed E-state index contributed by atoms with van der Waals surface area (Å²) in [5.74, 6) is -0.261. The van der Waals surface area contributed by atoms with Gasteiger partial charge < -0.3 is 10.6 Å². The molecule has 2 rings (SSSR count). The second-order valence-electron chi connectivity index (χ2n) is 4.05. The molecule has 1 aliphatic heterocycles. The van der Waals surface area contributed by atoms with E-state index in [1.54, 1.807) is 0 Å². The van der Waals surface area contributed by atoms with Crippen molar-refractivity contribution in [2.24, 2.45) is 5.73 Å². The number of amides is 2. The highest BCUT2D eigenvalue weighted by atomic mass is 16.2. The van der Waals surface area contributed by atoms with E-state index in [1.807, 2.05) is 30.3 Å². The maximum Gasteiger partial charge on any atom is 0.237 e. The highest BCUT2D eigenvalue weighted by Gasteiger charge is 2.30. The number of hydrogen-bond acceptors (Lipinski definition) is 2. The van der Waals surface area contributed by atoms with Gasteiger partial charge in [0.2, 0.25) is 11.8 Å². The number of primary amides is 1. The van der Waals surface area contributed by atoms with Crippen molar-refractivity contribution in [1.29, 1.82) is 0 Å². The van der Waals surface area contributed by atoms with Gasteiger partial charge in [0.1, 0.15) is 0 Å². The molecule has 1 fully saturated rings. The van der Waals surface area contributed by atoms with Crippen molar-refractivity contribution in [3.63, 3.8) is 0 Å². The SMILES string of the molecule is NC(=O)CN1C[C@H](c2ccccc2)CC1=O. The Labute approximate surface area is 94.0 Å². The van der Waals surface area contributed by atoms with E-state index < -0.39 is 5.91 Å². The summed E-state index contributed by atoms with van der Waals surface area (Å²) >= 11 is 0. The van der Waals surface area contributed by atoms with E-state index in [0.717, 1.165) is 5.56 Å². The lowest BCUT2D eigenvalue weighted by molar-refractivity contribution is -0.132. The van der Waals surface area contributed by atoms with Gasteiger partial charge in [0.05, 0.1) is 6.54 Å². The molecule has 0 unspecified atom stereocenters. The first-order valence-corrected chi connectivity index (χ1v) is 5.28. The van der Waals surface area contributed by atoms with Gasteiger partial charge in [-0.1, -0.05) is 30.3 Å². The summed E-state index contributed by atoms with van der Waals surface area (Å²) in [6.45, 7) is 0.619. The van der Waals surface area contributed by atoms with E-state index in [2.05, 4.69) is 0 Å². The van der Waals surface area contributed by atoms with Gasteiger partial charge in [0, 0.05) is 18.9 Å². The van der Waals surface area contributed by atoms with Crippen LogP contribution in [-0.2, 0) is 9.59 Å². The average molecular weight is 218 g/mol. The molecule has 1 saturated heterocycles.